The topological polar surface area (TPSA) is 121 Å². The summed E-state index contributed by atoms with van der Waals surface area (Å²) in [4.78, 5) is 12.7. The van der Waals surface area contributed by atoms with Crippen LogP contribution in [-0.2, 0) is 10.0 Å². The molecule has 4 N–H and O–H groups in total. The monoisotopic (exact) mass is 387 g/mol. The van der Waals surface area contributed by atoms with E-state index in [9.17, 15) is 8.42 Å². The van der Waals surface area contributed by atoms with Crippen molar-refractivity contribution in [1.82, 2.24) is 19.7 Å². The fourth-order valence-electron chi connectivity index (χ4n) is 2.28. The summed E-state index contributed by atoms with van der Waals surface area (Å²) < 4.78 is 25.1. The summed E-state index contributed by atoms with van der Waals surface area (Å²) in [5.74, 6) is 1.97. The largest absolute Gasteiger partial charge is 0.357 e. The van der Waals surface area contributed by atoms with Gasteiger partial charge >= 0.3 is 0 Å². The van der Waals surface area contributed by atoms with Gasteiger partial charge in [-0.25, -0.2) is 13.1 Å². The summed E-state index contributed by atoms with van der Waals surface area (Å²) in [7, 11) is -0.145. The predicted molar refractivity (Wildman–Crippen MR) is 107 cm³/mol. The lowest BCUT2D eigenvalue weighted by Crippen LogP contribution is -2.26. The van der Waals surface area contributed by atoms with Gasteiger partial charge in [0.2, 0.25) is 27.9 Å². The highest BCUT2D eigenvalue weighted by Gasteiger charge is 2.09. The molecule has 1 rings (SSSR count). The molecular formula is C16H33N7O2S. The lowest BCUT2D eigenvalue weighted by molar-refractivity contribution is 0.523. The first-order chi connectivity index (χ1) is 12.4. The minimum atomic E-state index is -3.26. The zero-order valence-electron chi connectivity index (χ0n) is 16.3. The Morgan fingerprint density at radius 3 is 2.00 bits per heavy atom. The molecule has 0 aromatic carbocycles. The molecule has 0 aliphatic heterocycles. The second-order valence-electron chi connectivity index (χ2n) is 6.53. The highest BCUT2D eigenvalue weighted by Crippen LogP contribution is 2.11. The summed E-state index contributed by atoms with van der Waals surface area (Å²) >= 11 is 0. The van der Waals surface area contributed by atoms with E-state index in [1.54, 1.807) is 7.05 Å². The molecule has 0 radical (unpaired) electrons. The molecule has 0 spiro atoms. The first-order valence-corrected chi connectivity index (χ1v) is 10.8. The summed E-state index contributed by atoms with van der Waals surface area (Å²) in [6, 6.07) is 0. The lowest BCUT2D eigenvalue weighted by Gasteiger charge is -2.10. The summed E-state index contributed by atoms with van der Waals surface area (Å²) in [5.41, 5.74) is 0. The smallest absolute Gasteiger partial charge is 0.229 e. The van der Waals surface area contributed by atoms with Crippen molar-refractivity contribution in [2.24, 2.45) is 5.92 Å². The van der Waals surface area contributed by atoms with E-state index < -0.39 is 10.0 Å². The first-order valence-electron chi connectivity index (χ1n) is 9.19. The maximum Gasteiger partial charge on any atom is 0.229 e. The zero-order valence-corrected chi connectivity index (χ0v) is 17.1. The molecule has 0 bridgehead atoms. The number of anilines is 3. The van der Waals surface area contributed by atoms with E-state index in [2.05, 4.69) is 49.5 Å². The van der Waals surface area contributed by atoms with Gasteiger partial charge < -0.3 is 16.0 Å². The molecular weight excluding hydrogens is 354 g/mol. The maximum atomic E-state index is 11.4. The van der Waals surface area contributed by atoms with Crippen molar-refractivity contribution in [3.63, 3.8) is 0 Å². The average molecular weight is 388 g/mol. The van der Waals surface area contributed by atoms with Crippen LogP contribution < -0.4 is 20.7 Å². The minimum Gasteiger partial charge on any atom is -0.357 e. The maximum absolute atomic E-state index is 11.4. The van der Waals surface area contributed by atoms with Crippen LogP contribution in [0, 0.1) is 5.92 Å². The van der Waals surface area contributed by atoms with Crippen LogP contribution in [0.5, 0.6) is 0 Å². The molecule has 0 amide bonds. The van der Waals surface area contributed by atoms with E-state index in [1.807, 2.05) is 0 Å². The van der Waals surface area contributed by atoms with Crippen molar-refractivity contribution in [2.75, 3.05) is 48.9 Å². The van der Waals surface area contributed by atoms with Crippen LogP contribution in [0.2, 0.25) is 0 Å². The van der Waals surface area contributed by atoms with Gasteiger partial charge in [-0.2, -0.15) is 15.0 Å². The molecule has 0 unspecified atom stereocenters. The molecule has 1 aromatic heterocycles. The Morgan fingerprint density at radius 1 is 0.846 bits per heavy atom. The summed E-state index contributed by atoms with van der Waals surface area (Å²) in [5, 5.41) is 9.00. The second-order valence-corrected chi connectivity index (χ2v) is 8.58. The van der Waals surface area contributed by atoms with Gasteiger partial charge in [0.05, 0.1) is 5.75 Å². The Kier molecular flexibility index (Phi) is 10.2. The zero-order chi connectivity index (χ0) is 19.4. The Balaban J connectivity index is 2.43. The molecule has 150 valence electrons. The third kappa shape index (κ3) is 9.71. The van der Waals surface area contributed by atoms with Crippen LogP contribution in [0.1, 0.15) is 46.0 Å². The molecule has 0 atom stereocenters. The molecule has 26 heavy (non-hydrogen) atoms. The Bertz CT molecular complexity index is 623. The van der Waals surface area contributed by atoms with E-state index in [0.29, 0.717) is 17.8 Å². The summed E-state index contributed by atoms with van der Waals surface area (Å²) in [6.07, 6.45) is 6.03. The van der Waals surface area contributed by atoms with Gasteiger partial charge in [0.15, 0.2) is 0 Å². The Hall–Kier alpha value is -1.68. The van der Waals surface area contributed by atoms with Crippen LogP contribution in [0.3, 0.4) is 0 Å². The van der Waals surface area contributed by atoms with Crippen molar-refractivity contribution in [3.8, 4) is 0 Å². The fourth-order valence-corrected chi connectivity index (χ4v) is 2.85. The van der Waals surface area contributed by atoms with Crippen molar-refractivity contribution in [1.29, 1.82) is 0 Å². The van der Waals surface area contributed by atoms with Crippen LogP contribution in [0.15, 0.2) is 0 Å². The average Bonchev–Trinajstić information content (AvgIpc) is 2.60. The number of nitrogens with zero attached hydrogens (tertiary/aromatic N) is 3. The van der Waals surface area contributed by atoms with Gasteiger partial charge in [-0.3, -0.25) is 0 Å². The Labute approximate surface area is 157 Å². The van der Waals surface area contributed by atoms with Gasteiger partial charge in [0, 0.05) is 20.1 Å². The lowest BCUT2D eigenvalue weighted by atomic mass is 10.0. The van der Waals surface area contributed by atoms with Crippen LogP contribution >= 0.6 is 0 Å². The number of unbranched alkanes of at least 4 members (excludes halogenated alkanes) is 3. The first kappa shape index (κ1) is 22.4. The van der Waals surface area contributed by atoms with Gasteiger partial charge in [0.1, 0.15) is 0 Å². The number of hydrogen-bond acceptors (Lipinski definition) is 8. The van der Waals surface area contributed by atoms with Crippen molar-refractivity contribution < 1.29 is 8.42 Å². The van der Waals surface area contributed by atoms with Crippen LogP contribution in [0.25, 0.3) is 0 Å². The molecule has 9 nitrogen and oxygen atoms in total. The van der Waals surface area contributed by atoms with E-state index in [-0.39, 0.29) is 12.3 Å². The third-order valence-corrected chi connectivity index (χ3v) is 5.18. The van der Waals surface area contributed by atoms with Crippen LogP contribution in [-0.4, -0.2) is 56.3 Å². The summed E-state index contributed by atoms with van der Waals surface area (Å²) in [6.45, 7) is 5.51. The van der Waals surface area contributed by atoms with E-state index in [1.165, 1.54) is 32.7 Å². The molecule has 0 saturated heterocycles. The number of nitrogens with one attached hydrogen (secondary N) is 4. The molecule has 0 aliphatic rings. The molecule has 0 saturated carbocycles. The van der Waals surface area contributed by atoms with Crippen molar-refractivity contribution in [3.05, 3.63) is 0 Å². The fraction of sp³-hybridized carbons (Fsp3) is 0.812. The number of sulfonamides is 1. The predicted octanol–water partition coefficient (Wildman–Crippen LogP) is 1.89. The number of aromatic nitrogens is 3. The number of rotatable bonds is 14. The van der Waals surface area contributed by atoms with Crippen molar-refractivity contribution >= 4 is 27.9 Å². The van der Waals surface area contributed by atoms with Gasteiger partial charge in [-0.05, 0) is 19.4 Å². The van der Waals surface area contributed by atoms with Gasteiger partial charge in [0.25, 0.3) is 0 Å². The van der Waals surface area contributed by atoms with Gasteiger partial charge in [-0.1, -0.05) is 39.5 Å². The third-order valence-electron chi connectivity index (χ3n) is 3.82. The van der Waals surface area contributed by atoms with Crippen LogP contribution in [0.4, 0.5) is 17.8 Å². The SMILES string of the molecule is CNc1nc(NCCCCCCC(C)C)nc(NCCS(=O)(=O)NC)n1. The van der Waals surface area contributed by atoms with E-state index in [4.69, 9.17) is 0 Å². The molecule has 1 heterocycles. The molecule has 0 aliphatic carbocycles. The normalized spacial score (nSPS) is 11.6. The Morgan fingerprint density at radius 2 is 1.42 bits per heavy atom. The van der Waals surface area contributed by atoms with Crippen molar-refractivity contribution in [2.45, 2.75) is 46.0 Å². The van der Waals surface area contributed by atoms with Gasteiger partial charge in [-0.15, -0.1) is 0 Å². The highest BCUT2D eigenvalue weighted by atomic mass is 32.2. The second kappa shape index (κ2) is 11.8. The highest BCUT2D eigenvalue weighted by molar-refractivity contribution is 7.89. The molecule has 0 fully saturated rings. The molecule has 10 heteroatoms. The molecule has 1 aromatic rings. The minimum absolute atomic E-state index is 0.0524. The standard InChI is InChI=1S/C16H33N7O2S/c1-13(2)9-7-5-6-8-10-19-15-21-14(17-3)22-16(23-15)20-11-12-26(24,25)18-4/h13,18H,5-12H2,1-4H3,(H3,17,19,20,21,22,23). The quantitative estimate of drug-likeness (QED) is 0.357. The number of hydrogen-bond donors (Lipinski definition) is 4. The van der Waals surface area contributed by atoms with E-state index >= 15 is 0 Å². The van der Waals surface area contributed by atoms with E-state index in [0.717, 1.165) is 18.9 Å².